The standard InChI is InChI=1S/C20H24N2O3/c1-14(23)9-17(15-5-3-2-4-6-15)11-21-20(24)22-19-8-7-16-12-25-13-18(16)10-19/h2-8,10,14,17,23H,9,11-13H2,1H3,(H2,21,22,24). The second-order valence-corrected chi connectivity index (χ2v) is 6.50. The molecular formula is C20H24N2O3. The first kappa shape index (κ1) is 17.5. The summed E-state index contributed by atoms with van der Waals surface area (Å²) in [7, 11) is 0. The number of carbonyl (C=O) groups excluding carboxylic acids is 1. The molecule has 0 saturated heterocycles. The lowest BCUT2D eigenvalue weighted by Gasteiger charge is -2.20. The Balaban J connectivity index is 1.58. The van der Waals surface area contributed by atoms with Crippen LogP contribution in [0.25, 0.3) is 0 Å². The monoisotopic (exact) mass is 340 g/mol. The van der Waals surface area contributed by atoms with Gasteiger partial charge in [-0.2, -0.15) is 0 Å². The molecule has 0 saturated carbocycles. The van der Waals surface area contributed by atoms with Crippen LogP contribution < -0.4 is 10.6 Å². The molecule has 132 valence electrons. The van der Waals surface area contributed by atoms with Gasteiger partial charge in [0.15, 0.2) is 0 Å². The average molecular weight is 340 g/mol. The summed E-state index contributed by atoms with van der Waals surface area (Å²) in [4.78, 5) is 12.2. The highest BCUT2D eigenvalue weighted by atomic mass is 16.5. The van der Waals surface area contributed by atoms with Gasteiger partial charge in [-0.25, -0.2) is 4.79 Å². The Bertz CT molecular complexity index is 716. The summed E-state index contributed by atoms with van der Waals surface area (Å²) in [6.45, 7) is 3.47. The van der Waals surface area contributed by atoms with Crippen LogP contribution in [0, 0.1) is 0 Å². The number of aliphatic hydroxyl groups excluding tert-OH is 1. The van der Waals surface area contributed by atoms with E-state index in [4.69, 9.17) is 4.74 Å². The molecule has 5 nitrogen and oxygen atoms in total. The van der Waals surface area contributed by atoms with E-state index in [1.165, 1.54) is 5.56 Å². The third kappa shape index (κ3) is 4.81. The SMILES string of the molecule is CC(O)CC(CNC(=O)Nc1ccc2c(c1)COC2)c1ccccc1. The molecule has 0 radical (unpaired) electrons. The summed E-state index contributed by atoms with van der Waals surface area (Å²) in [5, 5.41) is 15.5. The molecule has 0 spiro atoms. The molecule has 2 amide bonds. The number of aliphatic hydroxyl groups is 1. The van der Waals surface area contributed by atoms with E-state index in [1.807, 2.05) is 48.5 Å². The fourth-order valence-electron chi connectivity index (χ4n) is 3.12. The minimum atomic E-state index is -0.424. The van der Waals surface area contributed by atoms with Crippen molar-refractivity contribution in [2.45, 2.75) is 38.6 Å². The fraction of sp³-hybridized carbons (Fsp3) is 0.350. The van der Waals surface area contributed by atoms with Gasteiger partial charge in [-0.1, -0.05) is 36.4 Å². The van der Waals surface area contributed by atoms with E-state index >= 15 is 0 Å². The summed E-state index contributed by atoms with van der Waals surface area (Å²) < 4.78 is 5.39. The van der Waals surface area contributed by atoms with Crippen LogP contribution in [0.4, 0.5) is 10.5 Å². The molecule has 0 bridgehead atoms. The number of rotatable bonds is 6. The molecule has 2 aromatic carbocycles. The lowest BCUT2D eigenvalue weighted by molar-refractivity contribution is 0.134. The average Bonchev–Trinajstić information content (AvgIpc) is 3.07. The highest BCUT2D eigenvalue weighted by Crippen LogP contribution is 2.23. The molecule has 2 aromatic rings. The minimum Gasteiger partial charge on any atom is -0.393 e. The van der Waals surface area contributed by atoms with Gasteiger partial charge < -0.3 is 20.5 Å². The van der Waals surface area contributed by atoms with Crippen molar-refractivity contribution >= 4 is 11.7 Å². The van der Waals surface area contributed by atoms with Crippen LogP contribution in [-0.4, -0.2) is 23.8 Å². The highest BCUT2D eigenvalue weighted by molar-refractivity contribution is 5.89. The number of anilines is 1. The summed E-state index contributed by atoms with van der Waals surface area (Å²) in [5.74, 6) is 0.0698. The van der Waals surface area contributed by atoms with Crippen LogP contribution in [0.15, 0.2) is 48.5 Å². The van der Waals surface area contributed by atoms with Gasteiger partial charge in [0.1, 0.15) is 0 Å². The predicted octanol–water partition coefficient (Wildman–Crippen LogP) is 3.39. The molecule has 1 heterocycles. The maximum atomic E-state index is 12.2. The zero-order valence-electron chi connectivity index (χ0n) is 14.4. The van der Waals surface area contributed by atoms with Gasteiger partial charge >= 0.3 is 6.03 Å². The number of carbonyl (C=O) groups is 1. The minimum absolute atomic E-state index is 0.0698. The van der Waals surface area contributed by atoms with Gasteiger partial charge in [0, 0.05) is 18.2 Å². The van der Waals surface area contributed by atoms with E-state index in [0.29, 0.717) is 26.2 Å². The normalized spacial score (nSPS) is 15.3. The summed E-state index contributed by atoms with van der Waals surface area (Å²) in [6, 6.07) is 15.5. The maximum Gasteiger partial charge on any atom is 0.319 e. The number of amides is 2. The second kappa shape index (κ2) is 8.14. The Morgan fingerprint density at radius 1 is 1.16 bits per heavy atom. The highest BCUT2D eigenvalue weighted by Gasteiger charge is 2.16. The first-order valence-electron chi connectivity index (χ1n) is 8.59. The number of fused-ring (bicyclic) bond motifs is 1. The number of hydrogen-bond acceptors (Lipinski definition) is 3. The first-order chi connectivity index (χ1) is 12.1. The third-order valence-electron chi connectivity index (χ3n) is 4.38. The van der Waals surface area contributed by atoms with Crippen molar-refractivity contribution in [3.8, 4) is 0 Å². The van der Waals surface area contributed by atoms with E-state index in [2.05, 4.69) is 10.6 Å². The number of benzene rings is 2. The van der Waals surface area contributed by atoms with Crippen molar-refractivity contribution in [3.63, 3.8) is 0 Å². The van der Waals surface area contributed by atoms with E-state index in [0.717, 1.165) is 16.8 Å². The molecule has 2 unspecified atom stereocenters. The molecule has 3 N–H and O–H groups in total. The lowest BCUT2D eigenvalue weighted by Crippen LogP contribution is -2.33. The molecule has 5 heteroatoms. The topological polar surface area (TPSA) is 70.6 Å². The van der Waals surface area contributed by atoms with Crippen LogP contribution >= 0.6 is 0 Å². The van der Waals surface area contributed by atoms with Crippen molar-refractivity contribution in [2.24, 2.45) is 0 Å². The smallest absolute Gasteiger partial charge is 0.319 e. The van der Waals surface area contributed by atoms with Crippen LogP contribution in [0.5, 0.6) is 0 Å². The molecule has 3 rings (SSSR count). The Morgan fingerprint density at radius 2 is 1.92 bits per heavy atom. The summed E-state index contributed by atoms with van der Waals surface area (Å²) in [5.41, 5.74) is 4.16. The lowest BCUT2D eigenvalue weighted by atomic mass is 9.93. The Kier molecular flexibility index (Phi) is 5.68. The fourth-order valence-corrected chi connectivity index (χ4v) is 3.12. The number of nitrogens with one attached hydrogen (secondary N) is 2. The Labute approximate surface area is 148 Å². The number of urea groups is 1. The number of hydrogen-bond donors (Lipinski definition) is 3. The van der Waals surface area contributed by atoms with Gasteiger partial charge in [0.05, 0.1) is 19.3 Å². The van der Waals surface area contributed by atoms with Gasteiger partial charge in [0.25, 0.3) is 0 Å². The third-order valence-corrected chi connectivity index (χ3v) is 4.38. The van der Waals surface area contributed by atoms with Gasteiger partial charge in [-0.3, -0.25) is 0 Å². The molecule has 2 atom stereocenters. The van der Waals surface area contributed by atoms with Crippen LogP contribution in [0.3, 0.4) is 0 Å². The van der Waals surface area contributed by atoms with E-state index < -0.39 is 6.10 Å². The van der Waals surface area contributed by atoms with Crippen molar-refractivity contribution < 1.29 is 14.6 Å². The molecule has 25 heavy (non-hydrogen) atoms. The van der Waals surface area contributed by atoms with Gasteiger partial charge in [0.2, 0.25) is 0 Å². The molecular weight excluding hydrogens is 316 g/mol. The maximum absolute atomic E-state index is 12.2. The van der Waals surface area contributed by atoms with Crippen molar-refractivity contribution in [2.75, 3.05) is 11.9 Å². The zero-order valence-corrected chi connectivity index (χ0v) is 14.4. The predicted molar refractivity (Wildman–Crippen MR) is 97.4 cm³/mol. The van der Waals surface area contributed by atoms with Crippen molar-refractivity contribution in [1.82, 2.24) is 5.32 Å². The summed E-state index contributed by atoms with van der Waals surface area (Å²) >= 11 is 0. The van der Waals surface area contributed by atoms with Crippen molar-refractivity contribution in [1.29, 1.82) is 0 Å². The van der Waals surface area contributed by atoms with Crippen molar-refractivity contribution in [3.05, 3.63) is 65.2 Å². The molecule has 0 aliphatic carbocycles. The first-order valence-corrected chi connectivity index (χ1v) is 8.59. The van der Waals surface area contributed by atoms with Crippen LogP contribution in [0.2, 0.25) is 0 Å². The van der Waals surface area contributed by atoms with E-state index in [1.54, 1.807) is 6.92 Å². The molecule has 0 fully saturated rings. The Morgan fingerprint density at radius 3 is 2.68 bits per heavy atom. The van der Waals surface area contributed by atoms with Gasteiger partial charge in [-0.15, -0.1) is 0 Å². The van der Waals surface area contributed by atoms with E-state index in [-0.39, 0.29) is 11.9 Å². The largest absolute Gasteiger partial charge is 0.393 e. The molecule has 1 aliphatic heterocycles. The van der Waals surface area contributed by atoms with Crippen LogP contribution in [-0.2, 0) is 18.0 Å². The zero-order chi connectivity index (χ0) is 17.6. The van der Waals surface area contributed by atoms with Gasteiger partial charge in [-0.05, 0) is 42.2 Å². The number of ether oxygens (including phenoxy) is 1. The quantitative estimate of drug-likeness (QED) is 0.755. The van der Waals surface area contributed by atoms with Crippen LogP contribution in [0.1, 0.15) is 36.0 Å². The molecule has 0 aromatic heterocycles. The molecule has 1 aliphatic rings. The Hall–Kier alpha value is -2.37. The summed E-state index contributed by atoms with van der Waals surface area (Å²) in [6.07, 6.45) is 0.173. The second-order valence-electron chi connectivity index (χ2n) is 6.50. The van der Waals surface area contributed by atoms with E-state index in [9.17, 15) is 9.90 Å².